The van der Waals surface area contributed by atoms with Crippen molar-refractivity contribution in [2.75, 3.05) is 11.1 Å². The molecule has 2 rings (SSSR count). The summed E-state index contributed by atoms with van der Waals surface area (Å²) < 4.78 is 1.82. The highest BCUT2D eigenvalue weighted by atomic mass is 79.9. The topological polar surface area (TPSA) is 50.7 Å². The Balaban J connectivity index is 1.96. The summed E-state index contributed by atoms with van der Waals surface area (Å²) in [5, 5.41) is 8.55. The fourth-order valence-corrected chi connectivity index (χ4v) is 3.86. The van der Waals surface area contributed by atoms with Crippen LogP contribution in [0.2, 0.25) is 0 Å². The number of halogens is 1. The van der Waals surface area contributed by atoms with E-state index in [9.17, 15) is 4.79 Å². The average Bonchev–Trinajstić information content (AvgIpc) is 3.09. The average molecular weight is 320 g/mol. The van der Waals surface area contributed by atoms with Crippen LogP contribution in [0.4, 0.5) is 0 Å². The summed E-state index contributed by atoms with van der Waals surface area (Å²) in [5.74, 6) is 1.68. The normalized spacial score (nSPS) is 17.3. The maximum atomic E-state index is 11.6. The van der Waals surface area contributed by atoms with Crippen LogP contribution in [-0.4, -0.2) is 25.8 Å². The molecule has 4 nitrogen and oxygen atoms in total. The lowest BCUT2D eigenvalue weighted by molar-refractivity contribution is 0.593. The number of H-pyrrole nitrogens is 1. The molecule has 0 bridgehead atoms. The Hall–Kier alpha value is -0.230. The van der Waals surface area contributed by atoms with Crippen molar-refractivity contribution >= 4 is 27.7 Å². The van der Waals surface area contributed by atoms with E-state index in [1.165, 1.54) is 12.8 Å². The molecule has 1 atom stereocenters. The highest BCUT2D eigenvalue weighted by Gasteiger charge is 2.28. The van der Waals surface area contributed by atoms with Crippen molar-refractivity contribution in [1.82, 2.24) is 14.8 Å². The Morgan fingerprint density at radius 3 is 3.00 bits per heavy atom. The molecular weight excluding hydrogens is 302 g/mol. The zero-order valence-corrected chi connectivity index (χ0v) is 12.4. The molecule has 96 valence electrons. The maximum absolute atomic E-state index is 11.6. The summed E-state index contributed by atoms with van der Waals surface area (Å²) in [5.41, 5.74) is -0.0547. The molecule has 1 aliphatic rings. The monoisotopic (exact) mass is 319 g/mol. The Bertz CT molecular complexity index is 413. The number of hydrogen-bond donors (Lipinski definition) is 1. The highest BCUT2D eigenvalue weighted by Crippen LogP contribution is 2.36. The fourth-order valence-electron chi connectivity index (χ4n) is 1.85. The number of rotatable bonds is 7. The van der Waals surface area contributed by atoms with Crippen molar-refractivity contribution in [3.05, 3.63) is 10.5 Å². The third kappa shape index (κ3) is 3.37. The van der Waals surface area contributed by atoms with Gasteiger partial charge in [-0.2, -0.15) is 0 Å². The van der Waals surface area contributed by atoms with Crippen LogP contribution in [0.1, 0.15) is 38.6 Å². The molecule has 1 N–H and O–H groups in total. The lowest BCUT2D eigenvalue weighted by Crippen LogP contribution is -2.16. The van der Waals surface area contributed by atoms with Crippen LogP contribution in [0.5, 0.6) is 0 Å². The molecule has 6 heteroatoms. The fraction of sp³-hybridized carbons (Fsp3) is 0.818. The van der Waals surface area contributed by atoms with Crippen LogP contribution in [-0.2, 0) is 0 Å². The van der Waals surface area contributed by atoms with Crippen LogP contribution in [0.3, 0.4) is 0 Å². The lowest BCUT2D eigenvalue weighted by Gasteiger charge is -2.11. The Morgan fingerprint density at radius 2 is 2.41 bits per heavy atom. The van der Waals surface area contributed by atoms with E-state index in [-0.39, 0.29) is 5.69 Å². The van der Waals surface area contributed by atoms with Crippen molar-refractivity contribution in [3.63, 3.8) is 0 Å². The van der Waals surface area contributed by atoms with Gasteiger partial charge < -0.3 is 0 Å². The van der Waals surface area contributed by atoms with Crippen molar-refractivity contribution in [3.8, 4) is 0 Å². The van der Waals surface area contributed by atoms with Crippen LogP contribution >= 0.6 is 27.7 Å². The molecule has 17 heavy (non-hydrogen) atoms. The number of thioether (sulfide) groups is 1. The van der Waals surface area contributed by atoms with E-state index in [0.29, 0.717) is 12.0 Å². The molecule has 1 heterocycles. The molecule has 0 amide bonds. The lowest BCUT2D eigenvalue weighted by atomic mass is 10.1. The molecule has 0 radical (unpaired) electrons. The molecule has 1 fully saturated rings. The maximum Gasteiger partial charge on any atom is 0.344 e. The number of nitrogens with zero attached hydrogens (tertiary/aromatic N) is 2. The predicted octanol–water partition coefficient (Wildman–Crippen LogP) is 2.81. The van der Waals surface area contributed by atoms with Gasteiger partial charge in [-0.25, -0.2) is 9.89 Å². The number of aromatic amines is 1. The number of aromatic nitrogens is 3. The highest BCUT2D eigenvalue weighted by molar-refractivity contribution is 9.09. The zero-order chi connectivity index (χ0) is 12.3. The summed E-state index contributed by atoms with van der Waals surface area (Å²) in [6.45, 7) is 2.20. The minimum absolute atomic E-state index is 0.0547. The number of alkyl halides is 1. The molecular formula is C11H18BrN3OS. The minimum Gasteiger partial charge on any atom is -0.267 e. The first-order valence-electron chi connectivity index (χ1n) is 6.12. The third-order valence-electron chi connectivity index (χ3n) is 2.95. The minimum atomic E-state index is -0.0547. The summed E-state index contributed by atoms with van der Waals surface area (Å²) in [4.78, 5) is 11.6. The molecule has 1 aliphatic carbocycles. The number of nitrogens with one attached hydrogen (secondary N) is 1. The first-order valence-corrected chi connectivity index (χ1v) is 8.22. The SMILES string of the molecule is CCCC(CBr)CSc1n[nH]c(=O)n1C1CC1. The van der Waals surface area contributed by atoms with Crippen LogP contribution < -0.4 is 5.69 Å². The van der Waals surface area contributed by atoms with Gasteiger partial charge in [-0.05, 0) is 25.2 Å². The zero-order valence-electron chi connectivity index (χ0n) is 9.99. The van der Waals surface area contributed by atoms with Crippen LogP contribution in [0.25, 0.3) is 0 Å². The summed E-state index contributed by atoms with van der Waals surface area (Å²) in [7, 11) is 0. The van der Waals surface area contributed by atoms with E-state index in [0.717, 1.165) is 29.1 Å². The van der Waals surface area contributed by atoms with Gasteiger partial charge in [0.2, 0.25) is 0 Å². The summed E-state index contributed by atoms with van der Waals surface area (Å²) >= 11 is 5.24. The van der Waals surface area contributed by atoms with E-state index < -0.39 is 0 Å². The van der Waals surface area contributed by atoms with Gasteiger partial charge in [0.05, 0.1) is 0 Å². The Morgan fingerprint density at radius 1 is 1.65 bits per heavy atom. The first kappa shape index (κ1) is 13.2. The van der Waals surface area contributed by atoms with Crippen molar-refractivity contribution < 1.29 is 0 Å². The van der Waals surface area contributed by atoms with Gasteiger partial charge in [0, 0.05) is 17.1 Å². The van der Waals surface area contributed by atoms with E-state index in [2.05, 4.69) is 33.1 Å². The molecule has 0 aliphatic heterocycles. The second-order valence-electron chi connectivity index (χ2n) is 4.53. The predicted molar refractivity (Wildman–Crippen MR) is 74.0 cm³/mol. The standard InChI is InChI=1S/C11H18BrN3OS/c1-2-3-8(6-12)7-17-11-14-13-10(16)15(11)9-4-5-9/h8-9H,2-7H2,1H3,(H,13,16). The van der Waals surface area contributed by atoms with Crippen molar-refractivity contribution in [2.45, 2.75) is 43.8 Å². The quantitative estimate of drug-likeness (QED) is 0.621. The van der Waals surface area contributed by atoms with Crippen molar-refractivity contribution in [2.24, 2.45) is 5.92 Å². The van der Waals surface area contributed by atoms with Gasteiger partial charge in [-0.3, -0.25) is 4.57 Å². The molecule has 0 spiro atoms. The second-order valence-corrected chi connectivity index (χ2v) is 6.17. The van der Waals surface area contributed by atoms with E-state index in [1.54, 1.807) is 11.8 Å². The van der Waals surface area contributed by atoms with Gasteiger partial charge in [0.15, 0.2) is 5.16 Å². The molecule has 1 unspecified atom stereocenters. The summed E-state index contributed by atoms with van der Waals surface area (Å²) in [6, 6.07) is 0.400. The van der Waals surface area contributed by atoms with Crippen molar-refractivity contribution in [1.29, 1.82) is 0 Å². The van der Waals surface area contributed by atoms with E-state index >= 15 is 0 Å². The molecule has 1 saturated carbocycles. The smallest absolute Gasteiger partial charge is 0.267 e. The van der Waals surface area contributed by atoms with Crippen LogP contribution in [0, 0.1) is 5.92 Å². The first-order chi connectivity index (χ1) is 8.26. The van der Waals surface area contributed by atoms with E-state index in [4.69, 9.17) is 0 Å². The molecule has 0 saturated heterocycles. The van der Waals surface area contributed by atoms with E-state index in [1.807, 2.05) is 4.57 Å². The molecule has 0 aromatic carbocycles. The van der Waals surface area contributed by atoms with Gasteiger partial charge in [0.1, 0.15) is 0 Å². The largest absolute Gasteiger partial charge is 0.344 e. The molecule has 1 aromatic heterocycles. The molecule has 1 aromatic rings. The van der Waals surface area contributed by atoms with Gasteiger partial charge in [-0.1, -0.05) is 41.0 Å². The van der Waals surface area contributed by atoms with Gasteiger partial charge in [-0.15, -0.1) is 5.10 Å². The number of hydrogen-bond acceptors (Lipinski definition) is 3. The Labute approximate surface area is 114 Å². The second kappa shape index (κ2) is 6.09. The van der Waals surface area contributed by atoms with Gasteiger partial charge >= 0.3 is 5.69 Å². The summed E-state index contributed by atoms with van der Waals surface area (Å²) in [6.07, 6.45) is 4.65. The third-order valence-corrected chi connectivity index (χ3v) is 5.05. The van der Waals surface area contributed by atoms with Gasteiger partial charge in [0.25, 0.3) is 0 Å². The van der Waals surface area contributed by atoms with Crippen LogP contribution in [0.15, 0.2) is 9.95 Å². The Kier molecular flexibility index (Phi) is 4.73.